The van der Waals surface area contributed by atoms with Gasteiger partial charge in [-0.3, -0.25) is 0 Å². The Hall–Kier alpha value is -2.50. The summed E-state index contributed by atoms with van der Waals surface area (Å²) in [5.41, 5.74) is 3.51. The molecule has 0 saturated carbocycles. The highest BCUT2D eigenvalue weighted by molar-refractivity contribution is 5.53. The summed E-state index contributed by atoms with van der Waals surface area (Å²) in [5.74, 6) is 3.15. The number of anilines is 2. The monoisotopic (exact) mass is 314 g/mol. The topological polar surface area (TPSA) is 59.5 Å². The van der Waals surface area contributed by atoms with Crippen molar-refractivity contribution in [2.45, 2.75) is 19.9 Å². The highest BCUT2D eigenvalue weighted by Crippen LogP contribution is 2.34. The van der Waals surface area contributed by atoms with Gasteiger partial charge < -0.3 is 19.7 Å². The third kappa shape index (κ3) is 3.02. The summed E-state index contributed by atoms with van der Waals surface area (Å²) >= 11 is 0. The summed E-state index contributed by atoms with van der Waals surface area (Å²) in [4.78, 5) is 11.2. The zero-order chi connectivity index (χ0) is 16.4. The van der Waals surface area contributed by atoms with Crippen LogP contribution in [0.4, 0.5) is 11.8 Å². The van der Waals surface area contributed by atoms with E-state index in [0.29, 0.717) is 5.95 Å². The molecule has 122 valence electrons. The van der Waals surface area contributed by atoms with E-state index in [4.69, 9.17) is 9.47 Å². The van der Waals surface area contributed by atoms with Crippen LogP contribution in [0, 0.1) is 6.92 Å². The van der Waals surface area contributed by atoms with Crippen LogP contribution in [0.5, 0.6) is 11.5 Å². The minimum Gasteiger partial charge on any atom is -0.493 e. The zero-order valence-corrected chi connectivity index (χ0v) is 14.0. The molecule has 0 atom stereocenters. The SMILES string of the molecule is CNc1nc(C)cc(N2CCc3cc(OC)c(OC)cc3C2)n1. The van der Waals surface area contributed by atoms with Gasteiger partial charge in [-0.25, -0.2) is 4.98 Å². The summed E-state index contributed by atoms with van der Waals surface area (Å²) in [6.45, 7) is 3.70. The molecule has 3 rings (SSSR count). The molecule has 0 amide bonds. The van der Waals surface area contributed by atoms with Crippen LogP contribution in [-0.4, -0.2) is 37.8 Å². The van der Waals surface area contributed by atoms with Gasteiger partial charge in [0.2, 0.25) is 5.95 Å². The van der Waals surface area contributed by atoms with Crippen molar-refractivity contribution < 1.29 is 9.47 Å². The number of rotatable bonds is 4. The number of nitrogens with zero attached hydrogens (tertiary/aromatic N) is 3. The van der Waals surface area contributed by atoms with Gasteiger partial charge in [0.25, 0.3) is 0 Å². The Labute approximate surface area is 136 Å². The third-order valence-electron chi connectivity index (χ3n) is 4.11. The predicted octanol–water partition coefficient (Wildman–Crippen LogP) is 2.41. The Morgan fingerprint density at radius 1 is 1.04 bits per heavy atom. The minimum atomic E-state index is 0.651. The molecule has 0 saturated heterocycles. The second-order valence-corrected chi connectivity index (χ2v) is 5.59. The maximum Gasteiger partial charge on any atom is 0.224 e. The molecule has 0 fully saturated rings. The standard InChI is InChI=1S/C17H22N4O2/c1-11-7-16(20-17(18-2)19-11)21-6-5-12-8-14(22-3)15(23-4)9-13(12)10-21/h7-9H,5-6,10H2,1-4H3,(H,18,19,20). The van der Waals surface area contributed by atoms with Gasteiger partial charge in [0.1, 0.15) is 5.82 Å². The summed E-state index contributed by atoms with van der Waals surface area (Å²) in [7, 11) is 5.17. The number of aryl methyl sites for hydroxylation is 1. The molecule has 2 heterocycles. The van der Waals surface area contributed by atoms with Gasteiger partial charge in [-0.2, -0.15) is 4.98 Å². The van der Waals surface area contributed by atoms with Crippen LogP contribution in [-0.2, 0) is 13.0 Å². The fourth-order valence-electron chi connectivity index (χ4n) is 2.90. The number of methoxy groups -OCH3 is 2. The Morgan fingerprint density at radius 2 is 1.74 bits per heavy atom. The van der Waals surface area contributed by atoms with Gasteiger partial charge in [0, 0.05) is 31.9 Å². The van der Waals surface area contributed by atoms with Gasteiger partial charge in [0.15, 0.2) is 11.5 Å². The molecule has 1 aliphatic rings. The summed E-state index contributed by atoms with van der Waals surface area (Å²) in [6, 6.07) is 6.16. The highest BCUT2D eigenvalue weighted by Gasteiger charge is 2.21. The van der Waals surface area contributed by atoms with Crippen LogP contribution in [0.15, 0.2) is 18.2 Å². The number of aromatic nitrogens is 2. The normalized spacial score (nSPS) is 13.5. The summed E-state index contributed by atoms with van der Waals surface area (Å²) < 4.78 is 10.8. The molecule has 1 N–H and O–H groups in total. The van der Waals surface area contributed by atoms with E-state index in [0.717, 1.165) is 42.5 Å². The Kier molecular flexibility index (Phi) is 4.23. The van der Waals surface area contributed by atoms with Crippen LogP contribution in [0.1, 0.15) is 16.8 Å². The Morgan fingerprint density at radius 3 is 2.39 bits per heavy atom. The average Bonchev–Trinajstić information content (AvgIpc) is 2.59. The molecule has 6 heteroatoms. The smallest absolute Gasteiger partial charge is 0.224 e. The van der Waals surface area contributed by atoms with Crippen molar-refractivity contribution in [3.05, 3.63) is 35.0 Å². The van der Waals surface area contributed by atoms with Gasteiger partial charge >= 0.3 is 0 Å². The largest absolute Gasteiger partial charge is 0.493 e. The van der Waals surface area contributed by atoms with E-state index >= 15 is 0 Å². The number of nitrogens with one attached hydrogen (secondary N) is 1. The number of hydrogen-bond donors (Lipinski definition) is 1. The number of benzene rings is 1. The lowest BCUT2D eigenvalue weighted by atomic mass is 9.99. The van der Waals surface area contributed by atoms with Crippen molar-refractivity contribution in [1.29, 1.82) is 0 Å². The molecule has 1 aliphatic heterocycles. The molecule has 0 unspecified atom stereocenters. The van der Waals surface area contributed by atoms with Gasteiger partial charge in [0.05, 0.1) is 14.2 Å². The lowest BCUT2D eigenvalue weighted by Crippen LogP contribution is -2.31. The molecule has 0 aliphatic carbocycles. The maximum absolute atomic E-state index is 5.42. The zero-order valence-electron chi connectivity index (χ0n) is 14.0. The van der Waals surface area contributed by atoms with Crippen LogP contribution in [0.3, 0.4) is 0 Å². The van der Waals surface area contributed by atoms with E-state index in [2.05, 4.69) is 32.3 Å². The van der Waals surface area contributed by atoms with E-state index in [1.807, 2.05) is 20.0 Å². The molecular formula is C17H22N4O2. The first-order valence-electron chi connectivity index (χ1n) is 7.66. The van der Waals surface area contributed by atoms with Crippen molar-refractivity contribution in [1.82, 2.24) is 9.97 Å². The van der Waals surface area contributed by atoms with E-state index < -0.39 is 0 Å². The fraction of sp³-hybridized carbons (Fsp3) is 0.412. The number of fused-ring (bicyclic) bond motifs is 1. The lowest BCUT2D eigenvalue weighted by molar-refractivity contribution is 0.353. The molecular weight excluding hydrogens is 292 g/mol. The summed E-state index contributed by atoms with van der Waals surface area (Å²) in [5, 5.41) is 3.01. The first kappa shape index (κ1) is 15.4. The van der Waals surface area contributed by atoms with Crippen molar-refractivity contribution >= 4 is 11.8 Å². The Bertz CT molecular complexity index is 718. The van der Waals surface area contributed by atoms with E-state index in [-0.39, 0.29) is 0 Å². The van der Waals surface area contributed by atoms with Crippen molar-refractivity contribution in [2.75, 3.05) is 38.0 Å². The van der Waals surface area contributed by atoms with Crippen LogP contribution >= 0.6 is 0 Å². The molecule has 1 aromatic heterocycles. The van der Waals surface area contributed by atoms with Gasteiger partial charge in [-0.1, -0.05) is 0 Å². The number of hydrogen-bond acceptors (Lipinski definition) is 6. The number of ether oxygens (including phenoxy) is 2. The van der Waals surface area contributed by atoms with Gasteiger partial charge in [-0.15, -0.1) is 0 Å². The van der Waals surface area contributed by atoms with Crippen molar-refractivity contribution in [2.24, 2.45) is 0 Å². The van der Waals surface area contributed by atoms with Crippen LogP contribution in [0.2, 0.25) is 0 Å². The van der Waals surface area contributed by atoms with E-state index in [1.165, 1.54) is 11.1 Å². The summed E-state index contributed by atoms with van der Waals surface area (Å²) in [6.07, 6.45) is 0.952. The predicted molar refractivity (Wildman–Crippen MR) is 90.6 cm³/mol. The molecule has 0 spiro atoms. The van der Waals surface area contributed by atoms with E-state index in [9.17, 15) is 0 Å². The lowest BCUT2D eigenvalue weighted by Gasteiger charge is -2.30. The van der Waals surface area contributed by atoms with Gasteiger partial charge in [-0.05, 0) is 36.6 Å². The minimum absolute atomic E-state index is 0.651. The van der Waals surface area contributed by atoms with Crippen LogP contribution in [0.25, 0.3) is 0 Å². The third-order valence-corrected chi connectivity index (χ3v) is 4.11. The van der Waals surface area contributed by atoms with Crippen molar-refractivity contribution in [3.63, 3.8) is 0 Å². The fourth-order valence-corrected chi connectivity index (χ4v) is 2.90. The molecule has 6 nitrogen and oxygen atoms in total. The second-order valence-electron chi connectivity index (χ2n) is 5.59. The second kappa shape index (κ2) is 6.32. The maximum atomic E-state index is 5.42. The first-order valence-corrected chi connectivity index (χ1v) is 7.66. The molecule has 1 aromatic carbocycles. The highest BCUT2D eigenvalue weighted by atomic mass is 16.5. The molecule has 0 radical (unpaired) electrons. The van der Waals surface area contributed by atoms with Crippen molar-refractivity contribution in [3.8, 4) is 11.5 Å². The first-order chi connectivity index (χ1) is 11.1. The van der Waals surface area contributed by atoms with Crippen LogP contribution < -0.4 is 19.7 Å². The Balaban J connectivity index is 1.92. The molecule has 2 aromatic rings. The van der Waals surface area contributed by atoms with E-state index in [1.54, 1.807) is 14.2 Å². The quantitative estimate of drug-likeness (QED) is 0.935. The average molecular weight is 314 g/mol. The molecule has 23 heavy (non-hydrogen) atoms. The molecule has 0 bridgehead atoms.